The van der Waals surface area contributed by atoms with Crippen LogP contribution in [-0.2, 0) is 14.3 Å². The van der Waals surface area contributed by atoms with Gasteiger partial charge in [-0.05, 0) is 31.0 Å². The molecule has 1 atom stereocenters. The molecule has 1 aromatic rings. The third kappa shape index (κ3) is 4.11. The van der Waals surface area contributed by atoms with Crippen LogP contribution in [0.3, 0.4) is 0 Å². The van der Waals surface area contributed by atoms with E-state index in [2.05, 4.69) is 0 Å². The molecular weight excluding hydrogens is 259 g/mol. The Morgan fingerprint density at radius 2 is 2.06 bits per heavy atom. The van der Waals surface area contributed by atoms with Crippen molar-refractivity contribution in [2.24, 2.45) is 0 Å². The minimum absolute atomic E-state index is 0.000624. The number of carbonyl (C=O) groups excluding carboxylic acids is 2. The van der Waals surface area contributed by atoms with Crippen LogP contribution in [0.2, 0.25) is 0 Å². The maximum absolute atomic E-state index is 13.6. The Morgan fingerprint density at radius 1 is 1.39 bits per heavy atom. The summed E-state index contributed by atoms with van der Waals surface area (Å²) < 4.78 is 18.5. The standard InChI is InChI=1S/C13H14ClFO3/c1-2-18-13(17)10(7-8-12(14)16)9-5-3-4-6-11(9)15/h3-6,10H,2,7-8H2,1H3. The summed E-state index contributed by atoms with van der Waals surface area (Å²) in [6.45, 7) is 1.88. The van der Waals surface area contributed by atoms with Crippen LogP contribution >= 0.6 is 11.6 Å². The van der Waals surface area contributed by atoms with Crippen molar-refractivity contribution in [1.82, 2.24) is 0 Å². The van der Waals surface area contributed by atoms with Gasteiger partial charge in [-0.3, -0.25) is 9.59 Å². The molecule has 0 saturated heterocycles. The number of esters is 1. The number of benzene rings is 1. The van der Waals surface area contributed by atoms with Crippen LogP contribution in [0.4, 0.5) is 4.39 Å². The van der Waals surface area contributed by atoms with E-state index in [-0.39, 0.29) is 25.0 Å². The summed E-state index contributed by atoms with van der Waals surface area (Å²) in [6, 6.07) is 5.95. The number of hydrogen-bond donors (Lipinski definition) is 0. The molecule has 98 valence electrons. The summed E-state index contributed by atoms with van der Waals surface area (Å²) >= 11 is 5.25. The van der Waals surface area contributed by atoms with E-state index in [0.29, 0.717) is 0 Å². The third-order valence-electron chi connectivity index (χ3n) is 2.48. The zero-order valence-corrected chi connectivity index (χ0v) is 10.7. The van der Waals surface area contributed by atoms with Crippen molar-refractivity contribution in [2.75, 3.05) is 6.61 Å². The van der Waals surface area contributed by atoms with Crippen molar-refractivity contribution in [2.45, 2.75) is 25.7 Å². The molecule has 0 heterocycles. The van der Waals surface area contributed by atoms with E-state index >= 15 is 0 Å². The highest BCUT2D eigenvalue weighted by Crippen LogP contribution is 2.25. The summed E-state index contributed by atoms with van der Waals surface area (Å²) in [4.78, 5) is 22.5. The Labute approximate surface area is 110 Å². The molecule has 18 heavy (non-hydrogen) atoms. The predicted molar refractivity (Wildman–Crippen MR) is 65.9 cm³/mol. The lowest BCUT2D eigenvalue weighted by Gasteiger charge is -2.15. The molecule has 0 spiro atoms. The first-order valence-corrected chi connectivity index (χ1v) is 6.03. The van der Waals surface area contributed by atoms with Crippen molar-refractivity contribution in [3.63, 3.8) is 0 Å². The molecule has 5 heteroatoms. The quantitative estimate of drug-likeness (QED) is 0.591. The van der Waals surface area contributed by atoms with Crippen LogP contribution < -0.4 is 0 Å². The van der Waals surface area contributed by atoms with Gasteiger partial charge in [0, 0.05) is 12.0 Å². The van der Waals surface area contributed by atoms with Gasteiger partial charge in [0.2, 0.25) is 5.24 Å². The van der Waals surface area contributed by atoms with Gasteiger partial charge in [-0.2, -0.15) is 0 Å². The first kappa shape index (κ1) is 14.6. The molecule has 0 aliphatic carbocycles. The molecule has 3 nitrogen and oxygen atoms in total. The smallest absolute Gasteiger partial charge is 0.313 e. The fourth-order valence-corrected chi connectivity index (χ4v) is 1.77. The maximum Gasteiger partial charge on any atom is 0.313 e. The molecule has 0 aliphatic rings. The van der Waals surface area contributed by atoms with E-state index in [4.69, 9.17) is 16.3 Å². The summed E-state index contributed by atoms with van der Waals surface area (Å²) in [5, 5.41) is -0.555. The summed E-state index contributed by atoms with van der Waals surface area (Å²) in [7, 11) is 0. The Kier molecular flexibility index (Phi) is 5.78. The van der Waals surface area contributed by atoms with Crippen molar-refractivity contribution >= 4 is 22.8 Å². The van der Waals surface area contributed by atoms with E-state index in [9.17, 15) is 14.0 Å². The van der Waals surface area contributed by atoms with Gasteiger partial charge in [0.05, 0.1) is 12.5 Å². The fraction of sp³-hybridized carbons (Fsp3) is 0.385. The molecule has 0 aliphatic heterocycles. The van der Waals surface area contributed by atoms with Gasteiger partial charge in [0.25, 0.3) is 0 Å². The number of ether oxygens (including phenoxy) is 1. The van der Waals surface area contributed by atoms with Crippen LogP contribution in [0.1, 0.15) is 31.2 Å². The van der Waals surface area contributed by atoms with Gasteiger partial charge in [-0.1, -0.05) is 18.2 Å². The second-order valence-electron chi connectivity index (χ2n) is 3.72. The van der Waals surface area contributed by atoms with Crippen molar-refractivity contribution in [3.05, 3.63) is 35.6 Å². The minimum Gasteiger partial charge on any atom is -0.466 e. The van der Waals surface area contributed by atoms with Gasteiger partial charge in [0.1, 0.15) is 5.82 Å². The van der Waals surface area contributed by atoms with E-state index in [1.54, 1.807) is 13.0 Å². The third-order valence-corrected chi connectivity index (χ3v) is 2.67. The molecule has 0 amide bonds. The van der Waals surface area contributed by atoms with E-state index < -0.39 is 22.9 Å². The largest absolute Gasteiger partial charge is 0.466 e. The predicted octanol–water partition coefficient (Wildman–Crippen LogP) is 3.02. The highest BCUT2D eigenvalue weighted by atomic mass is 35.5. The van der Waals surface area contributed by atoms with Gasteiger partial charge in [-0.25, -0.2) is 4.39 Å². The van der Waals surface area contributed by atoms with Crippen molar-refractivity contribution in [3.8, 4) is 0 Å². The molecule has 1 unspecified atom stereocenters. The maximum atomic E-state index is 13.6. The molecule has 0 radical (unpaired) electrons. The number of hydrogen-bond acceptors (Lipinski definition) is 3. The summed E-state index contributed by atoms with van der Waals surface area (Å²) in [5.41, 5.74) is 0.230. The van der Waals surface area contributed by atoms with Crippen LogP contribution in [0.25, 0.3) is 0 Å². The zero-order chi connectivity index (χ0) is 13.5. The van der Waals surface area contributed by atoms with Crippen LogP contribution in [0.15, 0.2) is 24.3 Å². The van der Waals surface area contributed by atoms with Gasteiger partial charge in [0.15, 0.2) is 0 Å². The van der Waals surface area contributed by atoms with Crippen LogP contribution in [0.5, 0.6) is 0 Å². The first-order chi connectivity index (χ1) is 8.56. The van der Waals surface area contributed by atoms with Crippen LogP contribution in [0, 0.1) is 5.82 Å². The second-order valence-corrected chi connectivity index (χ2v) is 4.14. The lowest BCUT2D eigenvalue weighted by atomic mass is 9.94. The Bertz CT molecular complexity index is 434. The highest BCUT2D eigenvalue weighted by Gasteiger charge is 2.25. The molecule has 0 N–H and O–H groups in total. The lowest BCUT2D eigenvalue weighted by Crippen LogP contribution is -2.18. The average Bonchev–Trinajstić information content (AvgIpc) is 2.31. The lowest BCUT2D eigenvalue weighted by molar-refractivity contribution is -0.145. The SMILES string of the molecule is CCOC(=O)C(CCC(=O)Cl)c1ccccc1F. The fourth-order valence-electron chi connectivity index (χ4n) is 1.66. The molecule has 0 fully saturated rings. The topological polar surface area (TPSA) is 43.4 Å². The molecule has 0 bridgehead atoms. The number of carbonyl (C=O) groups is 2. The molecule has 1 aromatic carbocycles. The Morgan fingerprint density at radius 3 is 2.61 bits per heavy atom. The number of rotatable bonds is 6. The van der Waals surface area contributed by atoms with Gasteiger partial charge in [-0.15, -0.1) is 0 Å². The average molecular weight is 273 g/mol. The molecule has 0 saturated carbocycles. The molecule has 0 aromatic heterocycles. The second kappa shape index (κ2) is 7.11. The summed E-state index contributed by atoms with van der Waals surface area (Å²) in [5.74, 6) is -1.83. The van der Waals surface area contributed by atoms with Crippen LogP contribution in [-0.4, -0.2) is 17.8 Å². The zero-order valence-electron chi connectivity index (χ0n) is 9.99. The Balaban J connectivity index is 2.93. The monoisotopic (exact) mass is 272 g/mol. The summed E-state index contributed by atoms with van der Waals surface area (Å²) in [6.07, 6.45) is 0.140. The van der Waals surface area contributed by atoms with E-state index in [1.165, 1.54) is 18.2 Å². The van der Waals surface area contributed by atoms with Gasteiger partial charge < -0.3 is 4.74 Å². The van der Waals surface area contributed by atoms with Crippen molar-refractivity contribution in [1.29, 1.82) is 0 Å². The molecule has 1 rings (SSSR count). The molecular formula is C13H14ClFO3. The first-order valence-electron chi connectivity index (χ1n) is 5.65. The highest BCUT2D eigenvalue weighted by molar-refractivity contribution is 6.63. The van der Waals surface area contributed by atoms with E-state index in [0.717, 1.165) is 0 Å². The van der Waals surface area contributed by atoms with Gasteiger partial charge >= 0.3 is 5.97 Å². The Hall–Kier alpha value is -1.42. The number of halogens is 2. The van der Waals surface area contributed by atoms with E-state index in [1.807, 2.05) is 0 Å². The minimum atomic E-state index is -0.797. The van der Waals surface area contributed by atoms with Crippen molar-refractivity contribution < 1.29 is 18.7 Å². The normalized spacial score (nSPS) is 11.9.